The van der Waals surface area contributed by atoms with Crippen molar-refractivity contribution < 1.29 is 9.59 Å². The van der Waals surface area contributed by atoms with Crippen LogP contribution in [0.4, 0.5) is 5.69 Å². The maximum atomic E-state index is 13.5. The monoisotopic (exact) mass is 381 g/mol. The first kappa shape index (κ1) is 19.0. The predicted octanol–water partition coefficient (Wildman–Crippen LogP) is 3.32. The lowest BCUT2D eigenvalue weighted by molar-refractivity contribution is -0.139. The fourth-order valence-electron chi connectivity index (χ4n) is 4.79. The number of carbonyl (C=O) groups is 2. The van der Waals surface area contributed by atoms with Crippen molar-refractivity contribution in [1.29, 1.82) is 0 Å². The normalized spacial score (nSPS) is 24.5. The van der Waals surface area contributed by atoms with Crippen molar-refractivity contribution >= 4 is 17.5 Å². The number of hydrogen-bond acceptors (Lipinski definition) is 3. The molecule has 28 heavy (non-hydrogen) atoms. The van der Waals surface area contributed by atoms with Crippen LogP contribution in [0.5, 0.6) is 0 Å². The van der Waals surface area contributed by atoms with E-state index in [2.05, 4.69) is 30.9 Å². The van der Waals surface area contributed by atoms with Crippen molar-refractivity contribution in [3.63, 3.8) is 0 Å². The molecule has 4 aliphatic rings. The van der Waals surface area contributed by atoms with Crippen LogP contribution < -0.4 is 4.90 Å². The maximum Gasteiger partial charge on any atom is 0.256 e. The lowest BCUT2D eigenvalue weighted by Gasteiger charge is -2.35. The SMILES string of the molecule is CC(C)=CCN1C(=O)[C@H]2CC[C@@H]1CN(C(=O)c1ccccc1N1CCCC1)C2. The Morgan fingerprint density at radius 3 is 2.61 bits per heavy atom. The minimum Gasteiger partial charge on any atom is -0.371 e. The molecule has 4 aliphatic heterocycles. The Balaban J connectivity index is 1.57. The van der Waals surface area contributed by atoms with Gasteiger partial charge in [0.2, 0.25) is 5.91 Å². The van der Waals surface area contributed by atoms with Gasteiger partial charge in [0, 0.05) is 44.5 Å². The quantitative estimate of drug-likeness (QED) is 0.752. The van der Waals surface area contributed by atoms with Gasteiger partial charge in [-0.25, -0.2) is 0 Å². The van der Waals surface area contributed by atoms with Gasteiger partial charge in [-0.15, -0.1) is 0 Å². The Morgan fingerprint density at radius 2 is 1.86 bits per heavy atom. The lowest BCUT2D eigenvalue weighted by atomic mass is 9.94. The fourth-order valence-corrected chi connectivity index (χ4v) is 4.79. The Bertz CT molecular complexity index is 778. The van der Waals surface area contributed by atoms with E-state index < -0.39 is 0 Å². The molecule has 4 fully saturated rings. The van der Waals surface area contributed by atoms with Gasteiger partial charge in [0.05, 0.1) is 11.5 Å². The van der Waals surface area contributed by atoms with Gasteiger partial charge in [-0.05, 0) is 51.7 Å². The number of piperidine rings is 1. The summed E-state index contributed by atoms with van der Waals surface area (Å²) in [4.78, 5) is 32.7. The van der Waals surface area contributed by atoms with Gasteiger partial charge in [0.15, 0.2) is 0 Å². The molecule has 0 spiro atoms. The molecule has 1 aromatic rings. The summed E-state index contributed by atoms with van der Waals surface area (Å²) in [5.74, 6) is 0.236. The summed E-state index contributed by atoms with van der Waals surface area (Å²) in [6.45, 7) is 8.01. The lowest BCUT2D eigenvalue weighted by Crippen LogP contribution is -2.48. The predicted molar refractivity (Wildman–Crippen MR) is 111 cm³/mol. The number of allylic oxidation sites excluding steroid dienone is 1. The Morgan fingerprint density at radius 1 is 1.11 bits per heavy atom. The number of anilines is 1. The van der Waals surface area contributed by atoms with Gasteiger partial charge in [0.1, 0.15) is 0 Å². The summed E-state index contributed by atoms with van der Waals surface area (Å²) in [5, 5.41) is 0. The van der Waals surface area contributed by atoms with Crippen LogP contribution in [0.15, 0.2) is 35.9 Å². The smallest absolute Gasteiger partial charge is 0.256 e. The second-order valence-corrected chi connectivity index (χ2v) is 8.62. The number of para-hydroxylation sites is 1. The van der Waals surface area contributed by atoms with Crippen molar-refractivity contribution in [1.82, 2.24) is 9.80 Å². The zero-order valence-electron chi connectivity index (χ0n) is 17.1. The number of carbonyl (C=O) groups excluding carboxylic acids is 2. The summed E-state index contributed by atoms with van der Waals surface area (Å²) in [5.41, 5.74) is 3.06. The highest BCUT2D eigenvalue weighted by Gasteiger charge is 2.41. The average Bonchev–Trinajstić information content (AvgIpc) is 3.09. The molecule has 2 atom stereocenters. The Hall–Kier alpha value is -2.30. The van der Waals surface area contributed by atoms with Crippen molar-refractivity contribution in [2.45, 2.75) is 45.6 Å². The first-order valence-corrected chi connectivity index (χ1v) is 10.6. The Kier molecular flexibility index (Phi) is 5.42. The molecule has 1 aromatic carbocycles. The molecule has 0 aliphatic carbocycles. The van der Waals surface area contributed by atoms with Crippen molar-refractivity contribution in [2.75, 3.05) is 37.6 Å². The average molecular weight is 382 g/mol. The third-order valence-electron chi connectivity index (χ3n) is 6.36. The van der Waals surface area contributed by atoms with E-state index in [0.717, 1.165) is 37.2 Å². The highest BCUT2D eigenvalue weighted by molar-refractivity contribution is 6.00. The molecule has 5 rings (SSSR count). The molecule has 2 bridgehead atoms. The third-order valence-corrected chi connectivity index (χ3v) is 6.36. The summed E-state index contributed by atoms with van der Waals surface area (Å²) < 4.78 is 0. The number of hydrogen-bond donors (Lipinski definition) is 0. The minimum atomic E-state index is -0.0628. The van der Waals surface area contributed by atoms with Gasteiger partial charge in [-0.2, -0.15) is 0 Å². The fraction of sp³-hybridized carbons (Fsp3) is 0.565. The van der Waals surface area contributed by atoms with E-state index in [1.165, 1.54) is 18.4 Å². The minimum absolute atomic E-state index is 0.0628. The van der Waals surface area contributed by atoms with E-state index in [1.807, 2.05) is 28.0 Å². The van der Waals surface area contributed by atoms with Gasteiger partial charge in [0.25, 0.3) is 5.91 Å². The molecule has 2 amide bonds. The van der Waals surface area contributed by atoms with Crippen LogP contribution in [-0.4, -0.2) is 60.4 Å². The van der Waals surface area contributed by atoms with Crippen LogP contribution in [0.3, 0.4) is 0 Å². The summed E-state index contributed by atoms with van der Waals surface area (Å²) in [6, 6.07) is 8.11. The molecule has 0 aromatic heterocycles. The third kappa shape index (κ3) is 3.67. The van der Waals surface area contributed by atoms with Crippen LogP contribution in [0, 0.1) is 5.92 Å². The van der Waals surface area contributed by atoms with Gasteiger partial charge >= 0.3 is 0 Å². The van der Waals surface area contributed by atoms with E-state index in [0.29, 0.717) is 19.6 Å². The molecule has 0 unspecified atom stereocenters. The van der Waals surface area contributed by atoms with Crippen molar-refractivity contribution in [2.24, 2.45) is 5.92 Å². The highest BCUT2D eigenvalue weighted by atomic mass is 16.2. The van der Waals surface area contributed by atoms with E-state index in [1.54, 1.807) is 0 Å². The van der Waals surface area contributed by atoms with Crippen LogP contribution in [0.1, 0.15) is 49.9 Å². The standard InChI is InChI=1S/C23H31N3O2/c1-17(2)11-14-26-19-10-9-18(22(26)27)15-25(16-19)23(28)20-7-3-4-8-21(20)24-12-5-6-13-24/h3-4,7-8,11,18-19H,5-6,9-10,12-16H2,1-2H3/t18-,19+/m0/s1. The van der Waals surface area contributed by atoms with Gasteiger partial charge < -0.3 is 14.7 Å². The zero-order chi connectivity index (χ0) is 19.7. The molecule has 150 valence electrons. The zero-order valence-corrected chi connectivity index (χ0v) is 17.1. The summed E-state index contributed by atoms with van der Waals surface area (Å²) in [6.07, 6.45) is 6.37. The first-order chi connectivity index (χ1) is 13.5. The van der Waals surface area contributed by atoms with E-state index in [9.17, 15) is 9.59 Å². The molecule has 5 nitrogen and oxygen atoms in total. The van der Waals surface area contributed by atoms with Crippen molar-refractivity contribution in [3.8, 4) is 0 Å². The second kappa shape index (κ2) is 7.98. The Labute approximate surface area is 168 Å². The largest absolute Gasteiger partial charge is 0.371 e. The van der Waals surface area contributed by atoms with Gasteiger partial charge in [-0.3, -0.25) is 9.59 Å². The number of amides is 2. The maximum absolute atomic E-state index is 13.5. The van der Waals surface area contributed by atoms with Crippen LogP contribution in [0.25, 0.3) is 0 Å². The van der Waals surface area contributed by atoms with Crippen LogP contribution in [0.2, 0.25) is 0 Å². The molecule has 5 heteroatoms. The van der Waals surface area contributed by atoms with E-state index in [-0.39, 0.29) is 23.8 Å². The number of fused-ring (bicyclic) bond motifs is 4. The molecular formula is C23H31N3O2. The highest BCUT2D eigenvalue weighted by Crippen LogP contribution is 2.32. The van der Waals surface area contributed by atoms with E-state index in [4.69, 9.17) is 0 Å². The topological polar surface area (TPSA) is 43.9 Å². The second-order valence-electron chi connectivity index (χ2n) is 8.62. The van der Waals surface area contributed by atoms with Crippen LogP contribution >= 0.6 is 0 Å². The molecule has 0 saturated carbocycles. The molecular weight excluding hydrogens is 350 g/mol. The summed E-state index contributed by atoms with van der Waals surface area (Å²) in [7, 11) is 0. The molecule has 4 saturated heterocycles. The molecule has 4 heterocycles. The summed E-state index contributed by atoms with van der Waals surface area (Å²) >= 11 is 0. The first-order valence-electron chi connectivity index (χ1n) is 10.6. The number of nitrogens with zero attached hydrogens (tertiary/aromatic N) is 3. The van der Waals surface area contributed by atoms with E-state index >= 15 is 0 Å². The van der Waals surface area contributed by atoms with Gasteiger partial charge in [-0.1, -0.05) is 23.8 Å². The van der Waals surface area contributed by atoms with Crippen LogP contribution in [-0.2, 0) is 4.79 Å². The molecule has 0 radical (unpaired) electrons. The number of rotatable bonds is 4. The number of benzene rings is 1. The van der Waals surface area contributed by atoms with Crippen molar-refractivity contribution in [3.05, 3.63) is 41.5 Å². The molecule has 0 N–H and O–H groups in total.